The number of hydrogen-bond acceptors (Lipinski definition) is 5. The lowest BCUT2D eigenvalue weighted by molar-refractivity contribution is 0.397. The van der Waals surface area contributed by atoms with Crippen molar-refractivity contribution in [2.75, 3.05) is 12.4 Å². The van der Waals surface area contributed by atoms with Crippen LogP contribution in [0.15, 0.2) is 35.1 Å². The van der Waals surface area contributed by atoms with E-state index in [1.807, 2.05) is 0 Å². The monoisotopic (exact) mass is 418 g/mol. The highest BCUT2D eigenvalue weighted by atomic mass is 35.5. The average molecular weight is 419 g/mol. The summed E-state index contributed by atoms with van der Waals surface area (Å²) < 4.78 is 34.4. The van der Waals surface area contributed by atoms with Crippen LogP contribution in [0.3, 0.4) is 0 Å². The number of benzene rings is 1. The Hall–Kier alpha value is -3.00. The van der Waals surface area contributed by atoms with Crippen molar-refractivity contribution in [3.63, 3.8) is 0 Å². The molecule has 0 fully saturated rings. The number of nitrogens with zero attached hydrogens (tertiary/aromatic N) is 3. The summed E-state index contributed by atoms with van der Waals surface area (Å²) >= 11 is 6.20. The zero-order chi connectivity index (χ0) is 20.7. The van der Waals surface area contributed by atoms with Crippen LogP contribution in [0.5, 0.6) is 5.88 Å². The molecule has 1 atom stereocenters. The van der Waals surface area contributed by atoms with Gasteiger partial charge in [-0.25, -0.2) is 13.8 Å². The third-order valence-corrected chi connectivity index (χ3v) is 5.30. The molecule has 0 aliphatic carbocycles. The molecular formula is C20H17ClF2N4O2. The first-order valence-corrected chi connectivity index (χ1v) is 9.30. The van der Waals surface area contributed by atoms with E-state index < -0.39 is 23.2 Å². The SMILES string of the molecule is COc1ccc(Nc2nc(=O)c(Cl)c3n2C(c2cc(F)cc(F)c2)CC3)c(C)n1. The van der Waals surface area contributed by atoms with Gasteiger partial charge in [0.15, 0.2) is 0 Å². The minimum absolute atomic E-state index is 0.0134. The summed E-state index contributed by atoms with van der Waals surface area (Å²) in [6, 6.07) is 6.38. The molecule has 29 heavy (non-hydrogen) atoms. The Kier molecular flexibility index (Phi) is 4.96. The molecule has 0 bridgehead atoms. The highest BCUT2D eigenvalue weighted by molar-refractivity contribution is 6.31. The molecule has 4 rings (SSSR count). The maximum atomic E-state index is 13.8. The quantitative estimate of drug-likeness (QED) is 0.688. The molecule has 0 radical (unpaired) electrons. The molecule has 1 aromatic carbocycles. The first-order chi connectivity index (χ1) is 13.9. The van der Waals surface area contributed by atoms with E-state index in [0.717, 1.165) is 6.07 Å². The fourth-order valence-corrected chi connectivity index (χ4v) is 3.83. The summed E-state index contributed by atoms with van der Waals surface area (Å²) in [5, 5.41) is 3.12. The van der Waals surface area contributed by atoms with Crippen molar-refractivity contribution in [3.05, 3.63) is 74.3 Å². The van der Waals surface area contributed by atoms with E-state index in [4.69, 9.17) is 16.3 Å². The van der Waals surface area contributed by atoms with Crippen molar-refractivity contribution in [1.82, 2.24) is 14.5 Å². The molecule has 6 nitrogen and oxygen atoms in total. The van der Waals surface area contributed by atoms with Crippen molar-refractivity contribution in [2.45, 2.75) is 25.8 Å². The van der Waals surface area contributed by atoms with Gasteiger partial charge < -0.3 is 14.6 Å². The van der Waals surface area contributed by atoms with E-state index in [1.165, 1.54) is 19.2 Å². The van der Waals surface area contributed by atoms with Crippen LogP contribution in [-0.2, 0) is 6.42 Å². The fraction of sp³-hybridized carbons (Fsp3) is 0.250. The summed E-state index contributed by atoms with van der Waals surface area (Å²) in [4.78, 5) is 20.6. The summed E-state index contributed by atoms with van der Waals surface area (Å²) in [5.74, 6) is -0.652. The molecule has 1 unspecified atom stereocenters. The molecule has 3 heterocycles. The van der Waals surface area contributed by atoms with Crippen LogP contribution >= 0.6 is 11.6 Å². The van der Waals surface area contributed by atoms with Gasteiger partial charge in [-0.05, 0) is 43.5 Å². The molecule has 1 aliphatic rings. The molecule has 0 spiro atoms. The number of aryl methyl sites for hydroxylation is 1. The molecule has 0 saturated heterocycles. The van der Waals surface area contributed by atoms with Gasteiger partial charge in [0.25, 0.3) is 5.56 Å². The predicted molar refractivity (Wildman–Crippen MR) is 105 cm³/mol. The Labute approximate surface area is 170 Å². The van der Waals surface area contributed by atoms with Crippen LogP contribution in [0.25, 0.3) is 0 Å². The average Bonchev–Trinajstić information content (AvgIpc) is 3.12. The van der Waals surface area contributed by atoms with Crippen LogP contribution < -0.4 is 15.6 Å². The fourth-order valence-electron chi connectivity index (χ4n) is 3.60. The lowest BCUT2D eigenvalue weighted by atomic mass is 10.0. The zero-order valence-corrected chi connectivity index (χ0v) is 16.4. The number of fused-ring (bicyclic) bond motifs is 1. The third kappa shape index (κ3) is 3.55. The van der Waals surface area contributed by atoms with Gasteiger partial charge in [-0.15, -0.1) is 0 Å². The number of methoxy groups -OCH3 is 1. The second-order valence-electron chi connectivity index (χ2n) is 6.74. The Morgan fingerprint density at radius 2 is 1.93 bits per heavy atom. The largest absolute Gasteiger partial charge is 0.481 e. The Balaban J connectivity index is 1.83. The van der Waals surface area contributed by atoms with Crippen molar-refractivity contribution >= 4 is 23.2 Å². The van der Waals surface area contributed by atoms with E-state index in [1.54, 1.807) is 23.6 Å². The smallest absolute Gasteiger partial charge is 0.293 e. The minimum Gasteiger partial charge on any atom is -0.481 e. The molecule has 0 saturated carbocycles. The number of hydrogen-bond donors (Lipinski definition) is 1. The van der Waals surface area contributed by atoms with Crippen molar-refractivity contribution in [2.24, 2.45) is 0 Å². The van der Waals surface area contributed by atoms with E-state index in [2.05, 4.69) is 15.3 Å². The standard InChI is InChI=1S/C20H17ClF2N4O2/c1-10-14(3-6-17(24-10)29-2)25-20-26-19(28)18(21)16-5-4-15(27(16)20)11-7-12(22)9-13(23)8-11/h3,6-9,15H,4-5H2,1-2H3,(H,25,26,28). The molecule has 1 aliphatic heterocycles. The predicted octanol–water partition coefficient (Wildman–Crippen LogP) is 4.17. The second kappa shape index (κ2) is 7.44. The van der Waals surface area contributed by atoms with Crippen molar-refractivity contribution in [1.29, 1.82) is 0 Å². The van der Waals surface area contributed by atoms with Crippen molar-refractivity contribution < 1.29 is 13.5 Å². The summed E-state index contributed by atoms with van der Waals surface area (Å²) in [7, 11) is 1.52. The molecule has 2 aromatic heterocycles. The van der Waals surface area contributed by atoms with Crippen LogP contribution in [0, 0.1) is 18.6 Å². The summed E-state index contributed by atoms with van der Waals surface area (Å²) in [6.07, 6.45) is 1.01. The molecule has 0 amide bonds. The third-order valence-electron chi connectivity index (χ3n) is 4.92. The maximum absolute atomic E-state index is 13.8. The first-order valence-electron chi connectivity index (χ1n) is 8.93. The van der Waals surface area contributed by atoms with Gasteiger partial charge in [-0.1, -0.05) is 11.6 Å². The number of aromatic nitrogens is 3. The first kappa shape index (κ1) is 19.3. The van der Waals surface area contributed by atoms with Crippen molar-refractivity contribution in [3.8, 4) is 5.88 Å². The van der Waals surface area contributed by atoms with Gasteiger partial charge in [0, 0.05) is 17.8 Å². The maximum Gasteiger partial charge on any atom is 0.293 e. The molecule has 3 aromatic rings. The highest BCUT2D eigenvalue weighted by Gasteiger charge is 2.30. The number of rotatable bonds is 4. The summed E-state index contributed by atoms with van der Waals surface area (Å²) in [5.41, 5.74) is 1.70. The number of halogens is 3. The van der Waals surface area contributed by atoms with Crippen LogP contribution in [0.4, 0.5) is 20.4 Å². The molecular weight excluding hydrogens is 402 g/mol. The number of nitrogens with one attached hydrogen (secondary N) is 1. The number of ether oxygens (including phenoxy) is 1. The van der Waals surface area contributed by atoms with E-state index >= 15 is 0 Å². The Bertz CT molecular complexity index is 1150. The van der Waals surface area contributed by atoms with Gasteiger partial charge in [0.2, 0.25) is 11.8 Å². The van der Waals surface area contributed by atoms with Crippen LogP contribution in [-0.4, -0.2) is 21.6 Å². The van der Waals surface area contributed by atoms with Crippen LogP contribution in [0.1, 0.15) is 29.4 Å². The minimum atomic E-state index is -0.668. The Morgan fingerprint density at radius 1 is 1.21 bits per heavy atom. The topological polar surface area (TPSA) is 69.0 Å². The second-order valence-corrected chi connectivity index (χ2v) is 7.12. The molecule has 150 valence electrons. The summed E-state index contributed by atoms with van der Waals surface area (Å²) in [6.45, 7) is 1.78. The van der Waals surface area contributed by atoms with E-state index in [-0.39, 0.29) is 11.0 Å². The van der Waals surface area contributed by atoms with Gasteiger partial charge in [-0.2, -0.15) is 4.98 Å². The molecule has 9 heteroatoms. The lowest BCUT2D eigenvalue weighted by Gasteiger charge is -2.21. The zero-order valence-electron chi connectivity index (χ0n) is 15.7. The van der Waals surface area contributed by atoms with Crippen LogP contribution in [0.2, 0.25) is 5.02 Å². The molecule has 1 N–H and O–H groups in total. The normalized spacial score (nSPS) is 15.3. The van der Waals surface area contributed by atoms with Gasteiger partial charge >= 0.3 is 0 Å². The van der Waals surface area contributed by atoms with Gasteiger partial charge in [0.1, 0.15) is 16.7 Å². The Morgan fingerprint density at radius 3 is 2.59 bits per heavy atom. The van der Waals surface area contributed by atoms with E-state index in [0.29, 0.717) is 41.4 Å². The lowest BCUT2D eigenvalue weighted by Crippen LogP contribution is -2.21. The van der Waals surface area contributed by atoms with E-state index in [9.17, 15) is 13.6 Å². The number of pyridine rings is 1. The van der Waals surface area contributed by atoms with Gasteiger partial charge in [0.05, 0.1) is 24.5 Å². The number of anilines is 2. The van der Waals surface area contributed by atoms with Gasteiger partial charge in [-0.3, -0.25) is 4.79 Å². The highest BCUT2D eigenvalue weighted by Crippen LogP contribution is 2.37.